The molecule has 7 heteroatoms. The number of pyridine rings is 1. The molecule has 0 aliphatic heterocycles. The lowest BCUT2D eigenvalue weighted by atomic mass is 9.79. The van der Waals surface area contributed by atoms with Crippen LogP contribution in [0, 0.1) is 0 Å². The minimum Gasteiger partial charge on any atom is -0.380 e. The number of amides is 1. The summed E-state index contributed by atoms with van der Waals surface area (Å²) in [6, 6.07) is 9.22. The molecule has 0 bridgehead atoms. The summed E-state index contributed by atoms with van der Waals surface area (Å²) in [6.45, 7) is 7.35. The Morgan fingerprint density at radius 2 is 1.94 bits per heavy atom. The molecule has 31 heavy (non-hydrogen) atoms. The molecule has 2 aromatic heterocycles. The molecule has 4 rings (SSSR count). The van der Waals surface area contributed by atoms with Gasteiger partial charge in [0.25, 0.3) is 5.56 Å². The minimum atomic E-state index is -0.542. The second-order valence-corrected chi connectivity index (χ2v) is 7.22. The Balaban J connectivity index is 0.000000204. The Hall–Kier alpha value is -2.93. The van der Waals surface area contributed by atoms with Gasteiger partial charge in [0.1, 0.15) is 0 Å². The number of primary amides is 1. The Morgan fingerprint density at radius 3 is 2.55 bits per heavy atom. The molecule has 0 atom stereocenters. The maximum Gasteiger partial charge on any atom is 0.250 e. The van der Waals surface area contributed by atoms with Gasteiger partial charge in [-0.1, -0.05) is 32.4 Å². The van der Waals surface area contributed by atoms with E-state index in [0.717, 1.165) is 11.4 Å². The summed E-state index contributed by atoms with van der Waals surface area (Å²) < 4.78 is 8.44. The van der Waals surface area contributed by atoms with Crippen LogP contribution in [0.2, 0.25) is 0 Å². The third-order valence-electron chi connectivity index (χ3n) is 5.19. The molecule has 1 aliphatic carbocycles. The molecule has 0 radical (unpaired) electrons. The van der Waals surface area contributed by atoms with Crippen molar-refractivity contribution in [3.05, 3.63) is 64.2 Å². The van der Waals surface area contributed by atoms with Crippen LogP contribution in [-0.2, 0) is 18.3 Å². The molecule has 7 nitrogen and oxygen atoms in total. The van der Waals surface area contributed by atoms with Crippen molar-refractivity contribution in [3.63, 3.8) is 0 Å². The maximum absolute atomic E-state index is 11.3. The Bertz CT molecular complexity index is 1030. The van der Waals surface area contributed by atoms with E-state index in [1.807, 2.05) is 32.5 Å². The summed E-state index contributed by atoms with van der Waals surface area (Å²) in [6.07, 6.45) is 7.69. The van der Waals surface area contributed by atoms with Crippen molar-refractivity contribution in [2.45, 2.75) is 52.5 Å². The average Bonchev–Trinajstić information content (AvgIpc) is 3.11. The minimum absolute atomic E-state index is 0.167. The predicted octanol–water partition coefficient (Wildman–Crippen LogP) is 3.85. The largest absolute Gasteiger partial charge is 0.380 e. The lowest BCUT2D eigenvalue weighted by Gasteiger charge is -2.26. The van der Waals surface area contributed by atoms with Gasteiger partial charge in [-0.05, 0) is 43.4 Å². The van der Waals surface area contributed by atoms with Gasteiger partial charge in [-0.15, -0.1) is 0 Å². The number of benzene rings is 1. The van der Waals surface area contributed by atoms with Crippen molar-refractivity contribution in [1.82, 2.24) is 14.3 Å². The van der Waals surface area contributed by atoms with E-state index in [9.17, 15) is 9.59 Å². The zero-order valence-corrected chi connectivity index (χ0v) is 19.0. The fourth-order valence-corrected chi connectivity index (χ4v) is 3.42. The smallest absolute Gasteiger partial charge is 0.250 e. The van der Waals surface area contributed by atoms with Gasteiger partial charge in [-0.3, -0.25) is 14.3 Å². The standard InChI is InChI=1S/C12H14N2.C10H14N2O3.C2H6/c1-14-8-11-10(9-4-2-5-9)6-3-7-12(11)13-14;1-2-15-6-5-12-7-8(10(11)14)3-4-9(12)13;1-2/h3,6-9H,2,4-5H2,1H3;3-4,7H,2,5-6H2,1H3,(H2,11,14);1-2H3. The number of aromatic nitrogens is 3. The second-order valence-electron chi connectivity index (χ2n) is 7.22. The van der Waals surface area contributed by atoms with Gasteiger partial charge in [-0.25, -0.2) is 0 Å². The number of ether oxygens (including phenoxy) is 1. The molecule has 168 valence electrons. The molecular formula is C24H34N4O3. The Kier molecular flexibility index (Phi) is 9.46. The van der Waals surface area contributed by atoms with Crippen LogP contribution in [0.25, 0.3) is 10.9 Å². The first kappa shape index (κ1) is 24.3. The molecule has 3 aromatic rings. The zero-order valence-electron chi connectivity index (χ0n) is 19.0. The Morgan fingerprint density at radius 1 is 1.19 bits per heavy atom. The normalized spacial score (nSPS) is 12.9. The number of aryl methyl sites for hydroxylation is 1. The summed E-state index contributed by atoms with van der Waals surface area (Å²) in [5.41, 5.74) is 7.90. The van der Waals surface area contributed by atoms with Crippen LogP contribution in [0.1, 0.15) is 61.9 Å². The van der Waals surface area contributed by atoms with Gasteiger partial charge in [0.05, 0.1) is 17.7 Å². The topological polar surface area (TPSA) is 92.1 Å². The molecule has 1 fully saturated rings. The van der Waals surface area contributed by atoms with E-state index in [0.29, 0.717) is 25.3 Å². The van der Waals surface area contributed by atoms with Gasteiger partial charge in [0.2, 0.25) is 5.91 Å². The number of hydrogen-bond donors (Lipinski definition) is 1. The molecule has 1 aromatic carbocycles. The number of hydrogen-bond acceptors (Lipinski definition) is 4. The van der Waals surface area contributed by atoms with Crippen molar-refractivity contribution in [2.75, 3.05) is 13.2 Å². The van der Waals surface area contributed by atoms with Crippen LogP contribution in [0.3, 0.4) is 0 Å². The zero-order chi connectivity index (χ0) is 22.8. The second kappa shape index (κ2) is 12.1. The third-order valence-corrected chi connectivity index (χ3v) is 5.19. The molecule has 1 aliphatic rings. The number of fused-ring (bicyclic) bond motifs is 1. The lowest BCUT2D eigenvalue weighted by Crippen LogP contribution is -2.24. The van der Waals surface area contributed by atoms with Crippen LogP contribution in [-0.4, -0.2) is 33.5 Å². The quantitative estimate of drug-likeness (QED) is 0.606. The van der Waals surface area contributed by atoms with E-state index in [1.165, 1.54) is 53.1 Å². The van der Waals surface area contributed by atoms with Crippen molar-refractivity contribution in [1.29, 1.82) is 0 Å². The van der Waals surface area contributed by atoms with Crippen molar-refractivity contribution >= 4 is 16.8 Å². The van der Waals surface area contributed by atoms with E-state index in [1.54, 1.807) is 0 Å². The van der Waals surface area contributed by atoms with Gasteiger partial charge in [0, 0.05) is 44.0 Å². The Labute approximate surface area is 183 Å². The predicted molar refractivity (Wildman–Crippen MR) is 124 cm³/mol. The van der Waals surface area contributed by atoms with E-state index in [4.69, 9.17) is 10.5 Å². The van der Waals surface area contributed by atoms with Crippen LogP contribution in [0.5, 0.6) is 0 Å². The van der Waals surface area contributed by atoms with Crippen LogP contribution >= 0.6 is 0 Å². The van der Waals surface area contributed by atoms with Gasteiger partial charge >= 0.3 is 0 Å². The molecule has 1 saturated carbocycles. The fraction of sp³-hybridized carbons (Fsp3) is 0.458. The summed E-state index contributed by atoms with van der Waals surface area (Å²) in [7, 11) is 1.99. The maximum atomic E-state index is 11.3. The van der Waals surface area contributed by atoms with E-state index in [2.05, 4.69) is 29.5 Å². The SMILES string of the molecule is CC.CCOCCn1cc(C(N)=O)ccc1=O.Cn1cc2c(C3CCC3)cccc2n1. The van der Waals surface area contributed by atoms with Gasteiger partial charge < -0.3 is 15.0 Å². The molecule has 0 unspecified atom stereocenters. The number of nitrogens with two attached hydrogens (primary N) is 1. The highest BCUT2D eigenvalue weighted by atomic mass is 16.5. The highest BCUT2D eigenvalue weighted by Crippen LogP contribution is 2.39. The number of carbonyl (C=O) groups excluding carboxylic acids is 1. The van der Waals surface area contributed by atoms with E-state index in [-0.39, 0.29) is 5.56 Å². The molecule has 0 spiro atoms. The number of carbonyl (C=O) groups is 1. The highest BCUT2D eigenvalue weighted by Gasteiger charge is 2.21. The summed E-state index contributed by atoms with van der Waals surface area (Å²) in [5, 5.41) is 5.78. The molecular weight excluding hydrogens is 392 g/mol. The highest BCUT2D eigenvalue weighted by molar-refractivity contribution is 5.92. The summed E-state index contributed by atoms with van der Waals surface area (Å²) in [4.78, 5) is 22.2. The van der Waals surface area contributed by atoms with Crippen molar-refractivity contribution in [3.8, 4) is 0 Å². The summed E-state index contributed by atoms with van der Waals surface area (Å²) >= 11 is 0. The van der Waals surface area contributed by atoms with E-state index >= 15 is 0 Å². The number of rotatable bonds is 6. The monoisotopic (exact) mass is 426 g/mol. The average molecular weight is 427 g/mol. The van der Waals surface area contributed by atoms with Crippen molar-refractivity contribution in [2.24, 2.45) is 12.8 Å². The first-order chi connectivity index (χ1) is 15.0. The molecule has 2 N–H and O–H groups in total. The lowest BCUT2D eigenvalue weighted by molar-refractivity contribution is 0.0998. The summed E-state index contributed by atoms with van der Waals surface area (Å²) in [5.74, 6) is 0.253. The fourth-order valence-electron chi connectivity index (χ4n) is 3.42. The van der Waals surface area contributed by atoms with E-state index < -0.39 is 5.91 Å². The van der Waals surface area contributed by atoms with Crippen molar-refractivity contribution < 1.29 is 9.53 Å². The molecule has 2 heterocycles. The van der Waals surface area contributed by atoms with Crippen LogP contribution in [0.4, 0.5) is 0 Å². The van der Waals surface area contributed by atoms with Gasteiger partial charge in [-0.2, -0.15) is 5.10 Å². The third kappa shape index (κ3) is 6.52. The molecule has 0 saturated heterocycles. The molecule has 1 amide bonds. The van der Waals surface area contributed by atoms with Gasteiger partial charge in [0.15, 0.2) is 0 Å². The van der Waals surface area contributed by atoms with Crippen LogP contribution < -0.4 is 11.3 Å². The first-order valence-electron chi connectivity index (χ1n) is 11.0. The number of nitrogens with zero attached hydrogens (tertiary/aromatic N) is 3. The van der Waals surface area contributed by atoms with Crippen LogP contribution in [0.15, 0.2) is 47.5 Å². The first-order valence-corrected chi connectivity index (χ1v) is 11.0.